The maximum Gasteiger partial charge on any atom is 0.0367 e. The molecular formula is C16H24N2. The fourth-order valence-corrected chi connectivity index (χ4v) is 3.18. The SMILES string of the molecule is CN1C2CC1CN(c1ccc(C(C)(C)C)cc1)C2. The lowest BCUT2D eigenvalue weighted by molar-refractivity contribution is 0.0264. The first kappa shape index (κ1) is 12.0. The molecule has 3 aliphatic rings. The van der Waals surface area contributed by atoms with E-state index in [1.165, 1.54) is 30.8 Å². The summed E-state index contributed by atoms with van der Waals surface area (Å²) in [4.78, 5) is 5.07. The molecule has 18 heavy (non-hydrogen) atoms. The van der Waals surface area contributed by atoms with Gasteiger partial charge in [-0.2, -0.15) is 0 Å². The molecule has 0 aromatic heterocycles. The lowest BCUT2D eigenvalue weighted by Gasteiger charge is -2.55. The second-order valence-corrected chi connectivity index (χ2v) is 6.91. The third-order valence-corrected chi connectivity index (χ3v) is 4.66. The van der Waals surface area contributed by atoms with Crippen LogP contribution in [0.4, 0.5) is 5.69 Å². The summed E-state index contributed by atoms with van der Waals surface area (Å²) < 4.78 is 0. The maximum absolute atomic E-state index is 2.55. The minimum absolute atomic E-state index is 0.253. The van der Waals surface area contributed by atoms with Gasteiger partial charge in [-0.15, -0.1) is 0 Å². The van der Waals surface area contributed by atoms with E-state index in [9.17, 15) is 0 Å². The smallest absolute Gasteiger partial charge is 0.0367 e. The highest BCUT2D eigenvalue weighted by Gasteiger charge is 2.41. The van der Waals surface area contributed by atoms with Crippen LogP contribution in [0.5, 0.6) is 0 Å². The topological polar surface area (TPSA) is 6.48 Å². The van der Waals surface area contributed by atoms with Crippen LogP contribution < -0.4 is 4.90 Å². The Kier molecular flexibility index (Phi) is 2.67. The maximum atomic E-state index is 2.55. The summed E-state index contributed by atoms with van der Waals surface area (Å²) in [6, 6.07) is 10.7. The molecule has 3 heterocycles. The Labute approximate surface area is 111 Å². The Balaban J connectivity index is 1.74. The van der Waals surface area contributed by atoms with Crippen molar-refractivity contribution < 1.29 is 0 Å². The number of rotatable bonds is 1. The Morgan fingerprint density at radius 1 is 1.00 bits per heavy atom. The van der Waals surface area contributed by atoms with Crippen molar-refractivity contribution >= 4 is 5.69 Å². The summed E-state index contributed by atoms with van der Waals surface area (Å²) in [6.07, 6.45) is 1.40. The highest BCUT2D eigenvalue weighted by molar-refractivity contribution is 5.50. The summed E-state index contributed by atoms with van der Waals surface area (Å²) >= 11 is 0. The number of nitrogens with zero attached hydrogens (tertiary/aromatic N) is 2. The lowest BCUT2D eigenvalue weighted by Crippen LogP contribution is -2.67. The van der Waals surface area contributed by atoms with Gasteiger partial charge in [0, 0.05) is 30.9 Å². The van der Waals surface area contributed by atoms with Crippen molar-refractivity contribution in [2.24, 2.45) is 0 Å². The first-order chi connectivity index (χ1) is 8.45. The fraction of sp³-hybridized carbons (Fsp3) is 0.625. The molecule has 4 rings (SSSR count). The van der Waals surface area contributed by atoms with E-state index in [-0.39, 0.29) is 5.41 Å². The molecule has 1 aromatic rings. The zero-order chi connectivity index (χ0) is 12.9. The molecule has 2 unspecified atom stereocenters. The number of piperidine rings is 1. The van der Waals surface area contributed by atoms with E-state index in [0.717, 1.165) is 12.1 Å². The van der Waals surface area contributed by atoms with Gasteiger partial charge in [0.25, 0.3) is 0 Å². The molecule has 98 valence electrons. The van der Waals surface area contributed by atoms with Crippen molar-refractivity contribution in [3.63, 3.8) is 0 Å². The van der Waals surface area contributed by atoms with E-state index >= 15 is 0 Å². The largest absolute Gasteiger partial charge is 0.368 e. The van der Waals surface area contributed by atoms with Crippen molar-refractivity contribution in [3.05, 3.63) is 29.8 Å². The van der Waals surface area contributed by atoms with Gasteiger partial charge in [-0.1, -0.05) is 32.9 Å². The van der Waals surface area contributed by atoms with Crippen molar-refractivity contribution in [1.29, 1.82) is 0 Å². The molecule has 3 fully saturated rings. The molecule has 2 bridgehead atoms. The van der Waals surface area contributed by atoms with Crippen molar-refractivity contribution in [2.45, 2.75) is 44.7 Å². The zero-order valence-corrected chi connectivity index (χ0v) is 12.0. The summed E-state index contributed by atoms with van der Waals surface area (Å²) in [5.74, 6) is 0. The van der Waals surface area contributed by atoms with E-state index in [1.54, 1.807) is 0 Å². The van der Waals surface area contributed by atoms with Gasteiger partial charge in [0.15, 0.2) is 0 Å². The third-order valence-electron chi connectivity index (χ3n) is 4.66. The Morgan fingerprint density at radius 3 is 2.00 bits per heavy atom. The summed E-state index contributed by atoms with van der Waals surface area (Å²) in [5, 5.41) is 0. The lowest BCUT2D eigenvalue weighted by atomic mass is 9.86. The van der Waals surface area contributed by atoms with Crippen LogP contribution in [0, 0.1) is 0 Å². The van der Waals surface area contributed by atoms with Crippen LogP contribution in [0.25, 0.3) is 0 Å². The molecule has 0 N–H and O–H groups in total. The molecule has 0 saturated carbocycles. The van der Waals surface area contributed by atoms with Crippen LogP contribution >= 0.6 is 0 Å². The standard InChI is InChI=1S/C16H24N2/c1-16(2,3)12-5-7-13(8-6-12)18-10-14-9-15(11-18)17(14)4/h5-8,14-15H,9-11H2,1-4H3. The first-order valence-corrected chi connectivity index (χ1v) is 7.02. The van der Waals surface area contributed by atoms with Crippen LogP contribution in [-0.4, -0.2) is 37.1 Å². The molecule has 0 radical (unpaired) electrons. The predicted octanol–water partition coefficient (Wildman–Crippen LogP) is 2.88. The Hall–Kier alpha value is -1.02. The van der Waals surface area contributed by atoms with Crippen LogP contribution in [0.15, 0.2) is 24.3 Å². The second kappa shape index (κ2) is 3.99. The summed E-state index contributed by atoms with van der Waals surface area (Å²) in [6.45, 7) is 9.21. The normalized spacial score (nSPS) is 28.1. The second-order valence-electron chi connectivity index (χ2n) is 6.91. The molecule has 1 aromatic carbocycles. The van der Waals surface area contributed by atoms with Gasteiger partial charge in [-0.25, -0.2) is 0 Å². The van der Waals surface area contributed by atoms with Gasteiger partial charge in [-0.3, -0.25) is 4.90 Å². The van der Waals surface area contributed by atoms with Crippen LogP contribution in [-0.2, 0) is 5.41 Å². The summed E-state index contributed by atoms with van der Waals surface area (Å²) in [7, 11) is 2.26. The molecule has 0 amide bonds. The van der Waals surface area contributed by atoms with Gasteiger partial charge in [0.05, 0.1) is 0 Å². The summed E-state index contributed by atoms with van der Waals surface area (Å²) in [5.41, 5.74) is 3.07. The van der Waals surface area contributed by atoms with Gasteiger partial charge in [-0.05, 0) is 36.6 Å². The van der Waals surface area contributed by atoms with Crippen LogP contribution in [0.3, 0.4) is 0 Å². The van der Waals surface area contributed by atoms with Gasteiger partial charge in [0.1, 0.15) is 0 Å². The fourth-order valence-electron chi connectivity index (χ4n) is 3.18. The van der Waals surface area contributed by atoms with Crippen molar-refractivity contribution in [1.82, 2.24) is 4.90 Å². The van der Waals surface area contributed by atoms with E-state index in [4.69, 9.17) is 0 Å². The van der Waals surface area contributed by atoms with Gasteiger partial charge < -0.3 is 4.90 Å². The van der Waals surface area contributed by atoms with Gasteiger partial charge >= 0.3 is 0 Å². The van der Waals surface area contributed by atoms with E-state index in [2.05, 4.69) is 61.9 Å². The molecule has 2 heteroatoms. The molecule has 3 saturated heterocycles. The van der Waals surface area contributed by atoms with E-state index < -0.39 is 0 Å². The van der Waals surface area contributed by atoms with Crippen LogP contribution in [0.2, 0.25) is 0 Å². The average molecular weight is 244 g/mol. The predicted molar refractivity (Wildman–Crippen MR) is 77.3 cm³/mol. The minimum atomic E-state index is 0.253. The Bertz CT molecular complexity index is 417. The number of fused-ring (bicyclic) bond motifs is 2. The highest BCUT2D eigenvalue weighted by atomic mass is 15.3. The molecule has 2 nitrogen and oxygen atoms in total. The zero-order valence-electron chi connectivity index (χ0n) is 12.0. The molecule has 2 atom stereocenters. The number of piperazine rings is 1. The molecule has 0 spiro atoms. The molecule has 3 aliphatic heterocycles. The van der Waals surface area contributed by atoms with E-state index in [1.807, 2.05) is 0 Å². The molecule has 0 aliphatic carbocycles. The average Bonchev–Trinajstić information content (AvgIpc) is 2.37. The number of likely N-dealkylation sites (N-methyl/N-ethyl adjacent to an activating group) is 1. The number of benzene rings is 1. The number of hydrogen-bond acceptors (Lipinski definition) is 2. The minimum Gasteiger partial charge on any atom is -0.368 e. The third kappa shape index (κ3) is 1.93. The van der Waals surface area contributed by atoms with Crippen LogP contribution in [0.1, 0.15) is 32.8 Å². The first-order valence-electron chi connectivity index (χ1n) is 7.02. The van der Waals surface area contributed by atoms with Crippen molar-refractivity contribution in [2.75, 3.05) is 25.0 Å². The quantitative estimate of drug-likeness (QED) is 0.749. The highest BCUT2D eigenvalue weighted by Crippen LogP contribution is 2.33. The number of anilines is 1. The number of hydrogen-bond donors (Lipinski definition) is 0. The molecular weight excluding hydrogens is 220 g/mol. The Morgan fingerprint density at radius 2 is 1.56 bits per heavy atom. The van der Waals surface area contributed by atoms with E-state index in [0.29, 0.717) is 0 Å². The van der Waals surface area contributed by atoms with Crippen molar-refractivity contribution in [3.8, 4) is 0 Å². The monoisotopic (exact) mass is 244 g/mol. The van der Waals surface area contributed by atoms with Gasteiger partial charge in [0.2, 0.25) is 0 Å².